The first-order valence-electron chi connectivity index (χ1n) is 5.59. The molecule has 0 fully saturated rings. The van der Waals surface area contributed by atoms with Gasteiger partial charge in [0.1, 0.15) is 11.6 Å². The Hall–Kier alpha value is -2.00. The summed E-state index contributed by atoms with van der Waals surface area (Å²) in [6.45, 7) is 2.00. The number of aromatic amines is 1. The van der Waals surface area contributed by atoms with E-state index >= 15 is 0 Å². The van der Waals surface area contributed by atoms with Crippen LogP contribution >= 0.6 is 11.6 Å². The van der Waals surface area contributed by atoms with Crippen molar-refractivity contribution >= 4 is 22.6 Å². The van der Waals surface area contributed by atoms with Gasteiger partial charge in [-0.2, -0.15) is 0 Å². The third-order valence-electron chi connectivity index (χ3n) is 2.93. The Bertz CT molecular complexity index is 734. The summed E-state index contributed by atoms with van der Waals surface area (Å²) in [7, 11) is 0. The van der Waals surface area contributed by atoms with Crippen molar-refractivity contribution in [2.24, 2.45) is 0 Å². The van der Waals surface area contributed by atoms with Crippen molar-refractivity contribution in [3.8, 4) is 17.1 Å². The van der Waals surface area contributed by atoms with Crippen LogP contribution in [0.3, 0.4) is 0 Å². The summed E-state index contributed by atoms with van der Waals surface area (Å²) in [5.74, 6) is 0.787. The number of phenols is 1. The molecule has 0 amide bonds. The molecule has 90 valence electrons. The third-order valence-corrected chi connectivity index (χ3v) is 3.16. The smallest absolute Gasteiger partial charge is 0.142 e. The molecule has 3 rings (SSSR count). The zero-order valence-electron chi connectivity index (χ0n) is 9.74. The number of aryl methyl sites for hydroxylation is 1. The number of aromatic hydroxyl groups is 1. The highest BCUT2D eigenvalue weighted by Crippen LogP contribution is 2.31. The Labute approximate surface area is 109 Å². The first-order valence-corrected chi connectivity index (χ1v) is 5.97. The first kappa shape index (κ1) is 11.1. The zero-order chi connectivity index (χ0) is 12.7. The minimum Gasteiger partial charge on any atom is -0.507 e. The molecule has 2 aromatic carbocycles. The Morgan fingerprint density at radius 2 is 2.06 bits per heavy atom. The second-order valence-corrected chi connectivity index (χ2v) is 4.65. The van der Waals surface area contributed by atoms with E-state index in [1.54, 1.807) is 18.2 Å². The number of fused-ring (bicyclic) bond motifs is 1. The summed E-state index contributed by atoms with van der Waals surface area (Å²) in [4.78, 5) is 7.70. The van der Waals surface area contributed by atoms with Crippen LogP contribution in [0.5, 0.6) is 5.75 Å². The van der Waals surface area contributed by atoms with Gasteiger partial charge in [-0.25, -0.2) is 4.98 Å². The van der Waals surface area contributed by atoms with Gasteiger partial charge >= 0.3 is 0 Å². The molecule has 18 heavy (non-hydrogen) atoms. The number of H-pyrrole nitrogens is 1. The number of nitrogens with one attached hydrogen (secondary N) is 1. The number of rotatable bonds is 1. The SMILES string of the molecule is Cc1cccc2[nH]c(-c3cc(Cl)ccc3O)nc12. The number of halogens is 1. The van der Waals surface area contributed by atoms with Gasteiger partial charge in [-0.05, 0) is 36.8 Å². The highest BCUT2D eigenvalue weighted by molar-refractivity contribution is 6.30. The molecule has 0 unspecified atom stereocenters. The molecule has 3 aromatic rings. The molecule has 0 spiro atoms. The van der Waals surface area contributed by atoms with E-state index < -0.39 is 0 Å². The molecule has 0 aliphatic heterocycles. The fourth-order valence-electron chi connectivity index (χ4n) is 2.00. The highest BCUT2D eigenvalue weighted by Gasteiger charge is 2.11. The number of nitrogens with zero attached hydrogens (tertiary/aromatic N) is 1. The van der Waals surface area contributed by atoms with Crippen molar-refractivity contribution in [3.63, 3.8) is 0 Å². The summed E-state index contributed by atoms with van der Waals surface area (Å²) in [5.41, 5.74) is 3.56. The number of para-hydroxylation sites is 1. The number of imidazole rings is 1. The number of hydrogen-bond acceptors (Lipinski definition) is 2. The van der Waals surface area contributed by atoms with Crippen molar-refractivity contribution in [1.82, 2.24) is 9.97 Å². The van der Waals surface area contributed by atoms with Crippen LogP contribution in [0, 0.1) is 6.92 Å². The lowest BCUT2D eigenvalue weighted by Gasteiger charge is -2.01. The maximum atomic E-state index is 9.86. The molecule has 0 aliphatic rings. The molecule has 4 heteroatoms. The zero-order valence-corrected chi connectivity index (χ0v) is 10.5. The monoisotopic (exact) mass is 258 g/mol. The van der Waals surface area contributed by atoms with Gasteiger partial charge in [-0.15, -0.1) is 0 Å². The first-order chi connectivity index (χ1) is 8.65. The van der Waals surface area contributed by atoms with Crippen LogP contribution in [-0.2, 0) is 0 Å². The van der Waals surface area contributed by atoms with E-state index in [9.17, 15) is 5.11 Å². The minimum atomic E-state index is 0.163. The van der Waals surface area contributed by atoms with Gasteiger partial charge < -0.3 is 10.1 Å². The number of aromatic nitrogens is 2. The molecule has 0 saturated heterocycles. The van der Waals surface area contributed by atoms with Crippen LogP contribution in [-0.4, -0.2) is 15.1 Å². The standard InChI is InChI=1S/C14H11ClN2O/c1-8-3-2-4-11-13(8)17-14(16-11)10-7-9(15)5-6-12(10)18/h2-7,18H,1H3,(H,16,17). The quantitative estimate of drug-likeness (QED) is 0.695. The second-order valence-electron chi connectivity index (χ2n) is 4.22. The molecule has 1 aromatic heterocycles. The van der Waals surface area contributed by atoms with Crippen LogP contribution in [0.25, 0.3) is 22.4 Å². The predicted octanol–water partition coefficient (Wildman–Crippen LogP) is 3.90. The van der Waals surface area contributed by atoms with E-state index in [1.807, 2.05) is 25.1 Å². The van der Waals surface area contributed by atoms with Gasteiger partial charge in [0.25, 0.3) is 0 Å². The lowest BCUT2D eigenvalue weighted by molar-refractivity contribution is 0.477. The van der Waals surface area contributed by atoms with E-state index in [0.29, 0.717) is 16.4 Å². The fraction of sp³-hybridized carbons (Fsp3) is 0.0714. The Kier molecular flexibility index (Phi) is 2.49. The molecule has 0 bridgehead atoms. The number of hydrogen-bond donors (Lipinski definition) is 2. The second kappa shape index (κ2) is 4.03. The molecule has 2 N–H and O–H groups in total. The van der Waals surface area contributed by atoms with Crippen LogP contribution in [0.2, 0.25) is 5.02 Å². The summed E-state index contributed by atoms with van der Waals surface area (Å²) in [5, 5.41) is 10.4. The van der Waals surface area contributed by atoms with E-state index in [4.69, 9.17) is 11.6 Å². The Morgan fingerprint density at radius 1 is 1.22 bits per heavy atom. The average molecular weight is 259 g/mol. The van der Waals surface area contributed by atoms with E-state index in [-0.39, 0.29) is 5.75 Å². The van der Waals surface area contributed by atoms with Crippen LogP contribution in [0.4, 0.5) is 0 Å². The molecule has 0 radical (unpaired) electrons. The largest absolute Gasteiger partial charge is 0.507 e. The molecule has 0 aliphatic carbocycles. The van der Waals surface area contributed by atoms with Gasteiger partial charge in [0.15, 0.2) is 0 Å². The van der Waals surface area contributed by atoms with Crippen molar-refractivity contribution in [2.75, 3.05) is 0 Å². The van der Waals surface area contributed by atoms with Crippen LogP contribution < -0.4 is 0 Å². The number of benzene rings is 2. The lowest BCUT2D eigenvalue weighted by atomic mass is 10.2. The maximum absolute atomic E-state index is 9.86. The molecular weight excluding hydrogens is 248 g/mol. The van der Waals surface area contributed by atoms with Crippen LogP contribution in [0.15, 0.2) is 36.4 Å². The Morgan fingerprint density at radius 3 is 2.83 bits per heavy atom. The number of phenolic OH excluding ortho intramolecular Hbond substituents is 1. The van der Waals surface area contributed by atoms with Crippen molar-refractivity contribution in [1.29, 1.82) is 0 Å². The van der Waals surface area contributed by atoms with Gasteiger partial charge in [0.2, 0.25) is 0 Å². The minimum absolute atomic E-state index is 0.163. The fourth-order valence-corrected chi connectivity index (χ4v) is 2.17. The third kappa shape index (κ3) is 1.73. The van der Waals surface area contributed by atoms with Gasteiger partial charge in [0, 0.05) is 5.02 Å². The maximum Gasteiger partial charge on any atom is 0.142 e. The lowest BCUT2D eigenvalue weighted by Crippen LogP contribution is -1.81. The molecule has 3 nitrogen and oxygen atoms in total. The molecule has 0 atom stereocenters. The molecular formula is C14H11ClN2O. The van der Waals surface area contributed by atoms with Crippen LogP contribution in [0.1, 0.15) is 5.56 Å². The van der Waals surface area contributed by atoms with E-state index in [0.717, 1.165) is 16.6 Å². The van der Waals surface area contributed by atoms with Crippen molar-refractivity contribution in [2.45, 2.75) is 6.92 Å². The predicted molar refractivity (Wildman–Crippen MR) is 72.9 cm³/mol. The summed E-state index contributed by atoms with van der Waals surface area (Å²) in [6, 6.07) is 10.8. The molecule has 1 heterocycles. The summed E-state index contributed by atoms with van der Waals surface area (Å²) < 4.78 is 0. The summed E-state index contributed by atoms with van der Waals surface area (Å²) >= 11 is 5.94. The van der Waals surface area contributed by atoms with Gasteiger partial charge in [-0.3, -0.25) is 0 Å². The molecule has 0 saturated carbocycles. The topological polar surface area (TPSA) is 48.9 Å². The van der Waals surface area contributed by atoms with Gasteiger partial charge in [0.05, 0.1) is 16.6 Å². The van der Waals surface area contributed by atoms with Gasteiger partial charge in [-0.1, -0.05) is 23.7 Å². The van der Waals surface area contributed by atoms with E-state index in [2.05, 4.69) is 9.97 Å². The van der Waals surface area contributed by atoms with Crippen molar-refractivity contribution in [3.05, 3.63) is 47.0 Å². The normalized spacial score (nSPS) is 11.0. The Balaban J connectivity index is 2.26. The summed E-state index contributed by atoms with van der Waals surface area (Å²) in [6.07, 6.45) is 0. The average Bonchev–Trinajstić information content (AvgIpc) is 2.77. The highest BCUT2D eigenvalue weighted by atomic mass is 35.5. The van der Waals surface area contributed by atoms with Crippen molar-refractivity contribution < 1.29 is 5.11 Å². The van der Waals surface area contributed by atoms with E-state index in [1.165, 1.54) is 0 Å².